The summed E-state index contributed by atoms with van der Waals surface area (Å²) in [5, 5.41) is 0. The molecule has 2 aromatic rings. The largest absolute Gasteiger partial charge is 0.327 e. The first-order chi connectivity index (χ1) is 7.15. The first-order valence-corrected chi connectivity index (χ1v) is 5.05. The zero-order valence-corrected chi connectivity index (χ0v) is 8.87. The van der Waals surface area contributed by atoms with Gasteiger partial charge in [0, 0.05) is 6.54 Å². The van der Waals surface area contributed by atoms with E-state index < -0.39 is 0 Å². The van der Waals surface area contributed by atoms with Crippen LogP contribution in [0, 0.1) is 5.82 Å². The number of benzene rings is 1. The molecule has 0 fully saturated rings. The number of aryl methyl sites for hydroxylation is 1. The van der Waals surface area contributed by atoms with Crippen LogP contribution in [0.5, 0.6) is 0 Å². The molecule has 0 aliphatic rings. The van der Waals surface area contributed by atoms with E-state index in [-0.39, 0.29) is 11.9 Å². The molecule has 1 aromatic carbocycles. The van der Waals surface area contributed by atoms with Crippen molar-refractivity contribution in [1.82, 2.24) is 9.55 Å². The van der Waals surface area contributed by atoms with Crippen molar-refractivity contribution in [2.45, 2.75) is 26.4 Å². The van der Waals surface area contributed by atoms with Crippen LogP contribution in [0.1, 0.15) is 25.7 Å². The molecular weight excluding hydrogens is 193 g/mol. The summed E-state index contributed by atoms with van der Waals surface area (Å²) in [6.45, 7) is 4.60. The van der Waals surface area contributed by atoms with Crippen LogP contribution in [-0.4, -0.2) is 9.55 Å². The van der Waals surface area contributed by atoms with Crippen molar-refractivity contribution in [3.63, 3.8) is 0 Å². The third kappa shape index (κ3) is 1.51. The molecule has 0 aliphatic heterocycles. The van der Waals surface area contributed by atoms with E-state index in [2.05, 4.69) is 4.98 Å². The lowest BCUT2D eigenvalue weighted by atomic mass is 10.3. The summed E-state index contributed by atoms with van der Waals surface area (Å²) >= 11 is 0. The molecule has 1 unspecified atom stereocenters. The van der Waals surface area contributed by atoms with Gasteiger partial charge < -0.3 is 10.3 Å². The minimum absolute atomic E-state index is 0.184. The van der Waals surface area contributed by atoms with Crippen molar-refractivity contribution in [3.8, 4) is 0 Å². The summed E-state index contributed by atoms with van der Waals surface area (Å²) in [6, 6.07) is 4.79. The molecule has 80 valence electrons. The number of nitrogens with two attached hydrogens (primary N) is 1. The van der Waals surface area contributed by atoms with Crippen molar-refractivity contribution in [3.05, 3.63) is 29.8 Å². The number of hydrogen-bond donors (Lipinski definition) is 1. The number of fused-ring (bicyclic) bond motifs is 1. The minimum Gasteiger partial charge on any atom is -0.327 e. The monoisotopic (exact) mass is 207 g/mol. The number of rotatable bonds is 2. The molecule has 0 saturated carbocycles. The van der Waals surface area contributed by atoms with E-state index in [1.165, 1.54) is 6.07 Å². The molecule has 0 aliphatic carbocycles. The lowest BCUT2D eigenvalue weighted by Gasteiger charge is -2.07. The lowest BCUT2D eigenvalue weighted by Crippen LogP contribution is -2.12. The first-order valence-electron chi connectivity index (χ1n) is 5.05. The van der Waals surface area contributed by atoms with Crippen LogP contribution in [-0.2, 0) is 6.54 Å². The predicted molar refractivity (Wildman–Crippen MR) is 58.0 cm³/mol. The molecule has 15 heavy (non-hydrogen) atoms. The maximum absolute atomic E-state index is 13.5. The molecule has 1 aromatic heterocycles. The van der Waals surface area contributed by atoms with Gasteiger partial charge in [-0.1, -0.05) is 6.07 Å². The Morgan fingerprint density at radius 1 is 1.53 bits per heavy atom. The normalized spacial score (nSPS) is 13.3. The third-order valence-electron chi connectivity index (χ3n) is 2.48. The fourth-order valence-corrected chi connectivity index (χ4v) is 1.81. The van der Waals surface area contributed by atoms with Crippen molar-refractivity contribution in [1.29, 1.82) is 0 Å². The Balaban J connectivity index is 2.78. The first kappa shape index (κ1) is 10.1. The lowest BCUT2D eigenvalue weighted by molar-refractivity contribution is 0.635. The fraction of sp³-hybridized carbons (Fsp3) is 0.364. The quantitative estimate of drug-likeness (QED) is 0.820. The van der Waals surface area contributed by atoms with Crippen LogP contribution in [0.25, 0.3) is 11.0 Å². The van der Waals surface area contributed by atoms with Gasteiger partial charge >= 0.3 is 0 Å². The molecule has 0 bridgehead atoms. The van der Waals surface area contributed by atoms with Crippen molar-refractivity contribution < 1.29 is 4.39 Å². The molecular formula is C11H14FN3. The van der Waals surface area contributed by atoms with Crippen molar-refractivity contribution in [2.75, 3.05) is 0 Å². The third-order valence-corrected chi connectivity index (χ3v) is 2.48. The zero-order chi connectivity index (χ0) is 11.0. The SMILES string of the molecule is CCn1c(C(C)N)nc2c(F)cccc21. The molecule has 2 rings (SSSR count). The zero-order valence-electron chi connectivity index (χ0n) is 8.87. The molecule has 3 nitrogen and oxygen atoms in total. The van der Waals surface area contributed by atoms with Crippen LogP contribution >= 0.6 is 0 Å². The van der Waals surface area contributed by atoms with Crippen LogP contribution < -0.4 is 5.73 Å². The van der Waals surface area contributed by atoms with E-state index in [0.717, 1.165) is 17.9 Å². The second-order valence-electron chi connectivity index (χ2n) is 3.61. The smallest absolute Gasteiger partial charge is 0.151 e. The molecule has 0 saturated heterocycles. The maximum Gasteiger partial charge on any atom is 0.151 e. The second kappa shape index (κ2) is 3.62. The van der Waals surface area contributed by atoms with Gasteiger partial charge in [0.25, 0.3) is 0 Å². The maximum atomic E-state index is 13.5. The average Bonchev–Trinajstić information content (AvgIpc) is 2.57. The van der Waals surface area contributed by atoms with E-state index >= 15 is 0 Å². The van der Waals surface area contributed by atoms with Gasteiger partial charge in [-0.15, -0.1) is 0 Å². The Morgan fingerprint density at radius 2 is 2.27 bits per heavy atom. The molecule has 0 radical (unpaired) electrons. The summed E-state index contributed by atoms with van der Waals surface area (Å²) in [6.07, 6.45) is 0. The van der Waals surface area contributed by atoms with Gasteiger partial charge in [0.1, 0.15) is 11.3 Å². The van der Waals surface area contributed by atoms with Crippen molar-refractivity contribution >= 4 is 11.0 Å². The Labute approximate surface area is 87.7 Å². The summed E-state index contributed by atoms with van der Waals surface area (Å²) in [4.78, 5) is 4.25. The van der Waals surface area contributed by atoms with E-state index in [9.17, 15) is 4.39 Å². The summed E-state index contributed by atoms with van der Waals surface area (Å²) in [5.41, 5.74) is 7.02. The van der Waals surface area contributed by atoms with Gasteiger partial charge in [0.05, 0.1) is 11.6 Å². The van der Waals surface area contributed by atoms with Gasteiger partial charge in [0.2, 0.25) is 0 Å². The topological polar surface area (TPSA) is 43.8 Å². The standard InChI is InChI=1S/C11H14FN3/c1-3-15-9-6-4-5-8(12)10(9)14-11(15)7(2)13/h4-7H,3,13H2,1-2H3. The van der Waals surface area contributed by atoms with Crippen LogP contribution in [0.4, 0.5) is 4.39 Å². The van der Waals surface area contributed by atoms with Gasteiger partial charge in [-0.2, -0.15) is 0 Å². The Bertz CT molecular complexity index is 488. The second-order valence-corrected chi connectivity index (χ2v) is 3.61. The van der Waals surface area contributed by atoms with E-state index in [4.69, 9.17) is 5.73 Å². The minimum atomic E-state index is -0.290. The van der Waals surface area contributed by atoms with Crippen molar-refractivity contribution in [2.24, 2.45) is 5.73 Å². The predicted octanol–water partition coefficient (Wildman–Crippen LogP) is 2.21. The fourth-order valence-electron chi connectivity index (χ4n) is 1.81. The van der Waals surface area contributed by atoms with E-state index in [1.807, 2.05) is 24.5 Å². The molecule has 1 heterocycles. The summed E-state index contributed by atoms with van der Waals surface area (Å²) in [5.74, 6) is 0.444. The highest BCUT2D eigenvalue weighted by Gasteiger charge is 2.14. The molecule has 0 spiro atoms. The Hall–Kier alpha value is -1.42. The molecule has 4 heteroatoms. The number of para-hydroxylation sites is 1. The van der Waals surface area contributed by atoms with E-state index in [0.29, 0.717) is 5.52 Å². The number of hydrogen-bond acceptors (Lipinski definition) is 2. The molecule has 1 atom stereocenters. The highest BCUT2D eigenvalue weighted by atomic mass is 19.1. The molecule has 2 N–H and O–H groups in total. The average molecular weight is 207 g/mol. The van der Waals surface area contributed by atoms with Gasteiger partial charge in [-0.05, 0) is 26.0 Å². The summed E-state index contributed by atoms with van der Waals surface area (Å²) < 4.78 is 15.4. The van der Waals surface area contributed by atoms with E-state index in [1.54, 1.807) is 6.07 Å². The van der Waals surface area contributed by atoms with Gasteiger partial charge in [0.15, 0.2) is 5.82 Å². The highest BCUT2D eigenvalue weighted by Crippen LogP contribution is 2.21. The number of nitrogens with zero attached hydrogens (tertiary/aromatic N) is 2. The number of halogens is 1. The Kier molecular flexibility index (Phi) is 2.44. The number of aromatic nitrogens is 2. The van der Waals surface area contributed by atoms with Crippen LogP contribution in [0.2, 0.25) is 0 Å². The highest BCUT2D eigenvalue weighted by molar-refractivity contribution is 5.76. The van der Waals surface area contributed by atoms with Crippen LogP contribution in [0.3, 0.4) is 0 Å². The Morgan fingerprint density at radius 3 is 2.87 bits per heavy atom. The molecule has 0 amide bonds. The van der Waals surface area contributed by atoms with Crippen LogP contribution in [0.15, 0.2) is 18.2 Å². The summed E-state index contributed by atoms with van der Waals surface area (Å²) in [7, 11) is 0. The number of imidazole rings is 1. The van der Waals surface area contributed by atoms with Gasteiger partial charge in [-0.25, -0.2) is 9.37 Å². The van der Waals surface area contributed by atoms with Gasteiger partial charge in [-0.3, -0.25) is 0 Å².